The van der Waals surface area contributed by atoms with E-state index in [1.54, 1.807) is 24.3 Å². The van der Waals surface area contributed by atoms with E-state index in [0.29, 0.717) is 5.02 Å². The number of benzene rings is 3. The minimum atomic E-state index is -1.05. The van der Waals surface area contributed by atoms with Crippen LogP contribution in [-0.4, -0.2) is 35.8 Å². The molecule has 29 heavy (non-hydrogen) atoms. The molecule has 0 aromatic heterocycles. The molecule has 5 rings (SSSR count). The average Bonchev–Trinajstić information content (AvgIpc) is 3.04. The van der Waals surface area contributed by atoms with Gasteiger partial charge in [-0.1, -0.05) is 72.3 Å². The van der Waals surface area contributed by atoms with E-state index in [4.69, 9.17) is 16.3 Å². The SMILES string of the molecule is O=C(OCC1c2ccccc2-c2ccccc21)N1CC(O)(c2ccc(Cl)cc2)C1. The van der Waals surface area contributed by atoms with Gasteiger partial charge in [-0.05, 0) is 39.9 Å². The van der Waals surface area contributed by atoms with Crippen LogP contribution in [0.25, 0.3) is 11.1 Å². The van der Waals surface area contributed by atoms with Gasteiger partial charge in [0.1, 0.15) is 12.2 Å². The topological polar surface area (TPSA) is 49.8 Å². The molecule has 1 aliphatic carbocycles. The number of likely N-dealkylation sites (tertiary alicyclic amines) is 1. The maximum Gasteiger partial charge on any atom is 0.410 e. The molecule has 1 aliphatic heterocycles. The molecule has 1 fully saturated rings. The lowest BCUT2D eigenvalue weighted by atomic mass is 9.86. The van der Waals surface area contributed by atoms with Gasteiger partial charge in [-0.15, -0.1) is 0 Å². The number of rotatable bonds is 3. The molecule has 0 radical (unpaired) electrons. The van der Waals surface area contributed by atoms with Crippen molar-refractivity contribution in [1.29, 1.82) is 0 Å². The van der Waals surface area contributed by atoms with Crippen molar-refractivity contribution in [3.63, 3.8) is 0 Å². The lowest BCUT2D eigenvalue weighted by Crippen LogP contribution is -2.61. The van der Waals surface area contributed by atoms with Crippen LogP contribution in [0.2, 0.25) is 5.02 Å². The summed E-state index contributed by atoms with van der Waals surface area (Å²) in [7, 11) is 0. The van der Waals surface area contributed by atoms with Crippen LogP contribution in [0.1, 0.15) is 22.6 Å². The zero-order valence-corrected chi connectivity index (χ0v) is 16.5. The lowest BCUT2D eigenvalue weighted by molar-refractivity contribution is -0.0942. The van der Waals surface area contributed by atoms with E-state index < -0.39 is 11.7 Å². The summed E-state index contributed by atoms with van der Waals surface area (Å²) >= 11 is 5.91. The number of amides is 1. The van der Waals surface area contributed by atoms with Gasteiger partial charge in [0, 0.05) is 10.9 Å². The Morgan fingerprint density at radius 3 is 2.10 bits per heavy atom. The normalized spacial score (nSPS) is 16.7. The van der Waals surface area contributed by atoms with Gasteiger partial charge in [-0.25, -0.2) is 4.79 Å². The number of hydrogen-bond donors (Lipinski definition) is 1. The van der Waals surface area contributed by atoms with Gasteiger partial charge in [0.15, 0.2) is 0 Å². The molecule has 0 spiro atoms. The first-order chi connectivity index (χ1) is 14.0. The van der Waals surface area contributed by atoms with Gasteiger partial charge >= 0.3 is 6.09 Å². The van der Waals surface area contributed by atoms with E-state index in [9.17, 15) is 9.90 Å². The zero-order valence-electron chi connectivity index (χ0n) is 15.7. The third-order valence-corrected chi connectivity index (χ3v) is 6.13. The van der Waals surface area contributed by atoms with Crippen LogP contribution in [0.4, 0.5) is 4.79 Å². The molecule has 0 atom stereocenters. The van der Waals surface area contributed by atoms with Crippen molar-refractivity contribution < 1.29 is 14.6 Å². The van der Waals surface area contributed by atoms with Crippen LogP contribution in [0.15, 0.2) is 72.8 Å². The van der Waals surface area contributed by atoms with Gasteiger partial charge < -0.3 is 14.7 Å². The summed E-state index contributed by atoms with van der Waals surface area (Å²) in [6.45, 7) is 0.708. The van der Waals surface area contributed by atoms with Crippen LogP contribution in [-0.2, 0) is 10.3 Å². The molecule has 1 saturated heterocycles. The summed E-state index contributed by atoms with van der Waals surface area (Å²) in [6, 6.07) is 23.6. The second-order valence-corrected chi connectivity index (χ2v) is 8.13. The summed E-state index contributed by atoms with van der Waals surface area (Å²) in [5.41, 5.74) is 4.47. The predicted molar refractivity (Wildman–Crippen MR) is 112 cm³/mol. The molecule has 146 valence electrons. The Kier molecular flexibility index (Phi) is 4.34. The van der Waals surface area contributed by atoms with E-state index in [-0.39, 0.29) is 25.6 Å². The van der Waals surface area contributed by atoms with Crippen molar-refractivity contribution in [2.24, 2.45) is 0 Å². The van der Waals surface area contributed by atoms with Gasteiger partial charge in [0.05, 0.1) is 13.1 Å². The van der Waals surface area contributed by atoms with E-state index >= 15 is 0 Å². The Bertz CT molecular complexity index is 1030. The second kappa shape index (κ2) is 6.90. The van der Waals surface area contributed by atoms with E-state index in [0.717, 1.165) is 5.56 Å². The summed E-state index contributed by atoms with van der Waals surface area (Å²) in [6.07, 6.45) is -0.398. The van der Waals surface area contributed by atoms with Gasteiger partial charge in [0.25, 0.3) is 0 Å². The van der Waals surface area contributed by atoms with Crippen molar-refractivity contribution in [3.8, 4) is 11.1 Å². The van der Waals surface area contributed by atoms with Crippen LogP contribution in [0, 0.1) is 0 Å². The molecular weight excluding hydrogens is 386 g/mol. The van der Waals surface area contributed by atoms with Crippen molar-refractivity contribution in [2.75, 3.05) is 19.7 Å². The molecule has 3 aromatic carbocycles. The summed E-state index contributed by atoms with van der Waals surface area (Å²) in [5.74, 6) is 0.0303. The molecule has 1 heterocycles. The molecule has 4 nitrogen and oxygen atoms in total. The Morgan fingerprint density at radius 2 is 1.52 bits per heavy atom. The summed E-state index contributed by atoms with van der Waals surface area (Å²) < 4.78 is 5.65. The van der Waals surface area contributed by atoms with Crippen LogP contribution in [0.3, 0.4) is 0 Å². The minimum absolute atomic E-state index is 0.0303. The first kappa shape index (κ1) is 18.2. The Balaban J connectivity index is 1.26. The number of fused-ring (bicyclic) bond motifs is 3. The fourth-order valence-electron chi connectivity index (χ4n) is 4.34. The molecular formula is C24H20ClNO3. The molecule has 3 aromatic rings. The second-order valence-electron chi connectivity index (χ2n) is 7.70. The number of carbonyl (C=O) groups excluding carboxylic acids is 1. The summed E-state index contributed by atoms with van der Waals surface area (Å²) in [5, 5.41) is 11.4. The van der Waals surface area contributed by atoms with Crippen molar-refractivity contribution in [2.45, 2.75) is 11.5 Å². The molecule has 2 aliphatic rings. The van der Waals surface area contributed by atoms with Crippen molar-refractivity contribution in [3.05, 3.63) is 94.5 Å². The highest BCUT2D eigenvalue weighted by molar-refractivity contribution is 6.30. The third kappa shape index (κ3) is 3.09. The quantitative estimate of drug-likeness (QED) is 0.681. The maximum atomic E-state index is 12.6. The number of ether oxygens (including phenoxy) is 1. The number of β-amino-alcohol motifs (C(OH)–C–C–N with tert-alkyl or cyclic N) is 1. The number of aliphatic hydroxyl groups is 1. The lowest BCUT2D eigenvalue weighted by Gasteiger charge is -2.45. The number of hydrogen-bond acceptors (Lipinski definition) is 3. The highest BCUT2D eigenvalue weighted by Crippen LogP contribution is 2.44. The van der Waals surface area contributed by atoms with E-state index in [2.05, 4.69) is 24.3 Å². The third-order valence-electron chi connectivity index (χ3n) is 5.88. The molecule has 0 bridgehead atoms. The molecule has 1 amide bonds. The predicted octanol–water partition coefficient (Wildman–Crippen LogP) is 4.79. The van der Waals surface area contributed by atoms with Crippen LogP contribution >= 0.6 is 11.6 Å². The first-order valence-corrected chi connectivity index (χ1v) is 10.0. The fourth-order valence-corrected chi connectivity index (χ4v) is 4.47. The highest BCUT2D eigenvalue weighted by Gasteiger charge is 2.46. The van der Waals surface area contributed by atoms with Gasteiger partial charge in [0.2, 0.25) is 0 Å². The molecule has 5 heteroatoms. The van der Waals surface area contributed by atoms with Crippen molar-refractivity contribution >= 4 is 17.7 Å². The Labute approximate surface area is 174 Å². The number of halogens is 1. The van der Waals surface area contributed by atoms with Gasteiger partial charge in [-0.2, -0.15) is 0 Å². The number of nitrogens with zero attached hydrogens (tertiary/aromatic N) is 1. The van der Waals surface area contributed by atoms with Crippen molar-refractivity contribution in [1.82, 2.24) is 4.90 Å². The molecule has 1 N–H and O–H groups in total. The Hall–Kier alpha value is -2.82. The smallest absolute Gasteiger partial charge is 0.410 e. The van der Waals surface area contributed by atoms with Crippen LogP contribution < -0.4 is 0 Å². The standard InChI is InChI=1S/C24H20ClNO3/c25-17-11-9-16(10-12-17)24(28)14-26(15-24)23(27)29-13-22-20-7-3-1-5-18(20)19-6-2-4-8-21(19)22/h1-12,22,28H,13-15H2. The monoisotopic (exact) mass is 405 g/mol. The Morgan fingerprint density at radius 1 is 0.966 bits per heavy atom. The van der Waals surface area contributed by atoms with Crippen LogP contribution in [0.5, 0.6) is 0 Å². The maximum absolute atomic E-state index is 12.6. The largest absolute Gasteiger partial charge is 0.448 e. The minimum Gasteiger partial charge on any atom is -0.448 e. The fraction of sp³-hybridized carbons (Fsp3) is 0.208. The van der Waals surface area contributed by atoms with Gasteiger partial charge in [-0.3, -0.25) is 0 Å². The zero-order chi connectivity index (χ0) is 20.0. The summed E-state index contributed by atoms with van der Waals surface area (Å²) in [4.78, 5) is 14.1. The first-order valence-electron chi connectivity index (χ1n) is 9.63. The molecule has 0 saturated carbocycles. The highest BCUT2D eigenvalue weighted by atomic mass is 35.5. The average molecular weight is 406 g/mol. The number of carbonyl (C=O) groups is 1. The molecule has 0 unspecified atom stereocenters. The van der Waals surface area contributed by atoms with E-state index in [1.165, 1.54) is 27.2 Å². The van der Waals surface area contributed by atoms with E-state index in [1.807, 2.05) is 24.3 Å².